The minimum atomic E-state index is -0.139. The maximum atomic E-state index is 11.4. The largest absolute Gasteiger partial charge is 0.287 e. The molecule has 80 valence electrons. The van der Waals surface area contributed by atoms with Crippen LogP contribution in [0.5, 0.6) is 0 Å². The first-order chi connectivity index (χ1) is 7.09. The van der Waals surface area contributed by atoms with Gasteiger partial charge in [-0.25, -0.2) is 0 Å². The van der Waals surface area contributed by atoms with E-state index in [1.807, 2.05) is 37.3 Å². The van der Waals surface area contributed by atoms with Gasteiger partial charge in [0.15, 0.2) is 10.2 Å². The van der Waals surface area contributed by atoms with Crippen LogP contribution in [-0.2, 0) is 9.59 Å². The molecule has 0 spiro atoms. The summed E-state index contributed by atoms with van der Waals surface area (Å²) in [7, 11) is 0. The van der Waals surface area contributed by atoms with Crippen molar-refractivity contribution in [2.24, 2.45) is 0 Å². The molecule has 0 heterocycles. The van der Waals surface area contributed by atoms with Crippen LogP contribution in [0.15, 0.2) is 30.3 Å². The van der Waals surface area contributed by atoms with Gasteiger partial charge in [0.1, 0.15) is 0 Å². The van der Waals surface area contributed by atoms with Crippen LogP contribution in [0.1, 0.15) is 31.7 Å². The zero-order chi connectivity index (χ0) is 11.3. The summed E-state index contributed by atoms with van der Waals surface area (Å²) < 4.78 is 0. The molecular weight excluding hydrogens is 208 g/mol. The lowest BCUT2D eigenvalue weighted by atomic mass is 9.99. The molecule has 0 aliphatic rings. The molecule has 2 nitrogen and oxygen atoms in total. The molecule has 3 heteroatoms. The van der Waals surface area contributed by atoms with Gasteiger partial charge in [-0.2, -0.15) is 0 Å². The predicted molar refractivity (Wildman–Crippen MR) is 62.8 cm³/mol. The number of carbonyl (C=O) groups excluding carboxylic acids is 2. The lowest BCUT2D eigenvalue weighted by molar-refractivity contribution is -0.112. The van der Waals surface area contributed by atoms with Crippen LogP contribution in [0.25, 0.3) is 0 Å². The topological polar surface area (TPSA) is 34.1 Å². The molecule has 0 bridgehead atoms. The van der Waals surface area contributed by atoms with E-state index in [9.17, 15) is 9.59 Å². The van der Waals surface area contributed by atoms with Gasteiger partial charge in [-0.15, -0.1) is 0 Å². The van der Waals surface area contributed by atoms with Gasteiger partial charge >= 0.3 is 0 Å². The Labute approximate surface area is 94.1 Å². The lowest BCUT2D eigenvalue weighted by Crippen LogP contribution is -2.02. The van der Waals surface area contributed by atoms with E-state index in [0.29, 0.717) is 6.42 Å². The van der Waals surface area contributed by atoms with E-state index in [1.165, 1.54) is 6.92 Å². The van der Waals surface area contributed by atoms with E-state index >= 15 is 0 Å². The third-order valence-corrected chi connectivity index (χ3v) is 2.78. The molecule has 0 amide bonds. The normalized spacial score (nSPS) is 12.1. The summed E-state index contributed by atoms with van der Waals surface area (Å²) in [5.74, 6) is 0.172. The number of benzene rings is 1. The third kappa shape index (κ3) is 4.30. The molecule has 0 aromatic heterocycles. The smallest absolute Gasteiger partial charge is 0.197 e. The van der Waals surface area contributed by atoms with Crippen LogP contribution in [0.3, 0.4) is 0 Å². The van der Waals surface area contributed by atoms with Crippen molar-refractivity contribution >= 4 is 22.0 Å². The van der Waals surface area contributed by atoms with Gasteiger partial charge in [0.2, 0.25) is 0 Å². The van der Waals surface area contributed by atoms with Gasteiger partial charge in [-0.05, 0) is 23.2 Å². The summed E-state index contributed by atoms with van der Waals surface area (Å²) in [6, 6.07) is 9.85. The third-order valence-electron chi connectivity index (χ3n) is 2.10. The standard InChI is InChI=1S/C12H14O2S/c1-9(8-12(14)15-10(2)13)11-6-4-3-5-7-11/h3-7,9H,8H2,1-2H3. The summed E-state index contributed by atoms with van der Waals surface area (Å²) in [4.78, 5) is 22.1. The molecule has 0 N–H and O–H groups in total. The summed E-state index contributed by atoms with van der Waals surface area (Å²) in [5, 5.41) is -0.195. The van der Waals surface area contributed by atoms with Crippen molar-refractivity contribution in [3.8, 4) is 0 Å². The van der Waals surface area contributed by atoms with E-state index in [1.54, 1.807) is 0 Å². The van der Waals surface area contributed by atoms with E-state index < -0.39 is 0 Å². The fraction of sp³-hybridized carbons (Fsp3) is 0.333. The average molecular weight is 222 g/mol. The Hall–Kier alpha value is -1.09. The van der Waals surface area contributed by atoms with Gasteiger partial charge in [-0.1, -0.05) is 37.3 Å². The van der Waals surface area contributed by atoms with Crippen molar-refractivity contribution < 1.29 is 9.59 Å². The molecule has 0 saturated carbocycles. The molecule has 1 rings (SSSR count). The molecule has 1 atom stereocenters. The summed E-state index contributed by atoms with van der Waals surface area (Å²) in [5.41, 5.74) is 1.13. The Morgan fingerprint density at radius 3 is 2.40 bits per heavy atom. The van der Waals surface area contributed by atoms with Crippen molar-refractivity contribution in [2.75, 3.05) is 0 Å². The molecular formula is C12H14O2S. The van der Waals surface area contributed by atoms with Crippen molar-refractivity contribution in [2.45, 2.75) is 26.2 Å². The predicted octanol–water partition coefficient (Wildman–Crippen LogP) is 2.99. The Morgan fingerprint density at radius 2 is 1.87 bits per heavy atom. The molecule has 0 radical (unpaired) electrons. The van der Waals surface area contributed by atoms with Gasteiger partial charge in [0.25, 0.3) is 0 Å². The number of hydrogen-bond acceptors (Lipinski definition) is 3. The number of rotatable bonds is 3. The highest BCUT2D eigenvalue weighted by atomic mass is 32.2. The van der Waals surface area contributed by atoms with Crippen molar-refractivity contribution in [1.29, 1.82) is 0 Å². The zero-order valence-corrected chi connectivity index (χ0v) is 9.71. The van der Waals surface area contributed by atoms with Gasteiger partial charge in [0.05, 0.1) is 0 Å². The summed E-state index contributed by atoms with van der Waals surface area (Å²) >= 11 is 0.800. The van der Waals surface area contributed by atoms with E-state index in [-0.39, 0.29) is 16.1 Å². The molecule has 1 aromatic rings. The Kier molecular flexibility index (Phi) is 4.56. The minimum Gasteiger partial charge on any atom is -0.287 e. The number of carbonyl (C=O) groups is 2. The van der Waals surface area contributed by atoms with Crippen molar-refractivity contribution in [1.82, 2.24) is 0 Å². The zero-order valence-electron chi connectivity index (χ0n) is 8.90. The molecule has 0 fully saturated rings. The second kappa shape index (κ2) is 5.71. The fourth-order valence-electron chi connectivity index (χ4n) is 1.35. The minimum absolute atomic E-state index is 0.0566. The highest BCUT2D eigenvalue weighted by molar-refractivity contribution is 8.26. The van der Waals surface area contributed by atoms with Crippen LogP contribution < -0.4 is 0 Å². The summed E-state index contributed by atoms with van der Waals surface area (Å²) in [6.45, 7) is 3.41. The van der Waals surface area contributed by atoms with Crippen LogP contribution in [0.4, 0.5) is 0 Å². The second-order valence-electron chi connectivity index (χ2n) is 3.48. The van der Waals surface area contributed by atoms with Crippen molar-refractivity contribution in [3.63, 3.8) is 0 Å². The monoisotopic (exact) mass is 222 g/mol. The molecule has 0 aliphatic carbocycles. The van der Waals surface area contributed by atoms with Gasteiger partial charge in [-0.3, -0.25) is 9.59 Å². The molecule has 0 saturated heterocycles. The Bertz CT molecular complexity index is 346. The molecule has 1 aromatic carbocycles. The first-order valence-electron chi connectivity index (χ1n) is 4.86. The maximum Gasteiger partial charge on any atom is 0.197 e. The van der Waals surface area contributed by atoms with Crippen LogP contribution in [0.2, 0.25) is 0 Å². The van der Waals surface area contributed by atoms with Crippen LogP contribution >= 0.6 is 11.8 Å². The average Bonchev–Trinajstić information content (AvgIpc) is 2.17. The van der Waals surface area contributed by atoms with E-state index in [0.717, 1.165) is 17.3 Å². The summed E-state index contributed by atoms with van der Waals surface area (Å²) in [6.07, 6.45) is 0.411. The highest BCUT2D eigenvalue weighted by Crippen LogP contribution is 2.21. The number of hydrogen-bond donors (Lipinski definition) is 0. The second-order valence-corrected chi connectivity index (χ2v) is 4.72. The van der Waals surface area contributed by atoms with Crippen molar-refractivity contribution in [3.05, 3.63) is 35.9 Å². The van der Waals surface area contributed by atoms with Crippen LogP contribution in [0, 0.1) is 0 Å². The fourth-order valence-corrected chi connectivity index (χ4v) is 2.01. The Balaban J connectivity index is 2.53. The molecule has 15 heavy (non-hydrogen) atoms. The lowest BCUT2D eigenvalue weighted by Gasteiger charge is -2.09. The Morgan fingerprint density at radius 1 is 1.27 bits per heavy atom. The molecule has 0 aliphatic heterocycles. The van der Waals surface area contributed by atoms with E-state index in [4.69, 9.17) is 0 Å². The maximum absolute atomic E-state index is 11.4. The first kappa shape index (κ1) is 12.0. The SMILES string of the molecule is CC(=O)SC(=O)CC(C)c1ccccc1. The molecule has 1 unspecified atom stereocenters. The van der Waals surface area contributed by atoms with E-state index in [2.05, 4.69) is 0 Å². The highest BCUT2D eigenvalue weighted by Gasteiger charge is 2.12. The number of thioether (sulfide) groups is 1. The van der Waals surface area contributed by atoms with Crippen LogP contribution in [-0.4, -0.2) is 10.2 Å². The van der Waals surface area contributed by atoms with Gasteiger partial charge < -0.3 is 0 Å². The first-order valence-corrected chi connectivity index (χ1v) is 5.67. The quantitative estimate of drug-likeness (QED) is 0.788. The van der Waals surface area contributed by atoms with Gasteiger partial charge in [0, 0.05) is 13.3 Å².